The molecule has 2 aromatic heterocycles. The van der Waals surface area contributed by atoms with E-state index in [4.69, 9.17) is 4.74 Å². The number of esters is 1. The number of H-pyrrole nitrogens is 1. The second-order valence-electron chi connectivity index (χ2n) is 5.12. The van der Waals surface area contributed by atoms with Gasteiger partial charge in [-0.25, -0.2) is 9.78 Å². The number of aryl methyl sites for hydroxylation is 1. The van der Waals surface area contributed by atoms with Crippen LogP contribution in [0.3, 0.4) is 0 Å². The number of ether oxygens (including phenoxy) is 1. The molecule has 0 radical (unpaired) electrons. The maximum atomic E-state index is 12.2. The Hall–Kier alpha value is -1.99. The van der Waals surface area contributed by atoms with Crippen molar-refractivity contribution in [3.8, 4) is 0 Å². The maximum absolute atomic E-state index is 12.2. The van der Waals surface area contributed by atoms with Gasteiger partial charge < -0.3 is 15.0 Å². The highest BCUT2D eigenvalue weighted by Crippen LogP contribution is 2.27. The van der Waals surface area contributed by atoms with Crippen LogP contribution in [0.2, 0.25) is 0 Å². The van der Waals surface area contributed by atoms with Crippen molar-refractivity contribution in [2.24, 2.45) is 0 Å². The first-order valence-corrected chi connectivity index (χ1v) is 7.80. The summed E-state index contributed by atoms with van der Waals surface area (Å²) in [6.07, 6.45) is 1.52. The van der Waals surface area contributed by atoms with E-state index in [1.165, 1.54) is 11.3 Å². The van der Waals surface area contributed by atoms with Crippen LogP contribution in [0.1, 0.15) is 34.9 Å². The van der Waals surface area contributed by atoms with Crippen LogP contribution in [-0.4, -0.2) is 28.6 Å². The molecule has 22 heavy (non-hydrogen) atoms. The van der Waals surface area contributed by atoms with Crippen LogP contribution >= 0.6 is 11.3 Å². The Balaban J connectivity index is 2.41. The lowest BCUT2D eigenvalue weighted by atomic mass is 10.2. The Morgan fingerprint density at radius 1 is 1.55 bits per heavy atom. The summed E-state index contributed by atoms with van der Waals surface area (Å²) in [7, 11) is 0. The van der Waals surface area contributed by atoms with E-state index < -0.39 is 5.97 Å². The van der Waals surface area contributed by atoms with Crippen molar-refractivity contribution >= 4 is 27.5 Å². The Kier molecular flexibility index (Phi) is 5.10. The number of rotatable bonds is 6. The summed E-state index contributed by atoms with van der Waals surface area (Å²) in [5.74, 6) is 0.116. The van der Waals surface area contributed by atoms with Gasteiger partial charge in [-0.05, 0) is 26.3 Å². The molecular formula is C15H19N3O3S. The highest BCUT2D eigenvalue weighted by atomic mass is 32.1. The first-order chi connectivity index (χ1) is 10.4. The summed E-state index contributed by atoms with van der Waals surface area (Å²) >= 11 is 1.19. The van der Waals surface area contributed by atoms with Crippen molar-refractivity contribution in [1.82, 2.24) is 15.3 Å². The highest BCUT2D eigenvalue weighted by Gasteiger charge is 2.21. The van der Waals surface area contributed by atoms with Crippen LogP contribution in [0.15, 0.2) is 17.4 Å². The minimum atomic E-state index is -0.416. The van der Waals surface area contributed by atoms with E-state index in [1.807, 2.05) is 0 Å². The number of carbonyl (C=O) groups is 1. The van der Waals surface area contributed by atoms with E-state index in [0.717, 1.165) is 0 Å². The topological polar surface area (TPSA) is 84.1 Å². The lowest BCUT2D eigenvalue weighted by Crippen LogP contribution is -2.19. The number of hydrogen-bond donors (Lipinski definition) is 2. The number of carbonyl (C=O) groups excluding carboxylic acids is 1. The minimum Gasteiger partial charge on any atom is -0.459 e. The molecule has 2 aromatic rings. The molecule has 0 aliphatic rings. The smallest absolute Gasteiger partial charge is 0.348 e. The predicted molar refractivity (Wildman–Crippen MR) is 87.4 cm³/mol. The zero-order valence-electron chi connectivity index (χ0n) is 12.9. The van der Waals surface area contributed by atoms with Crippen LogP contribution in [0.25, 0.3) is 10.2 Å². The van der Waals surface area contributed by atoms with Crippen LogP contribution < -0.4 is 10.9 Å². The maximum Gasteiger partial charge on any atom is 0.348 e. The number of fused-ring (bicyclic) bond motifs is 1. The summed E-state index contributed by atoms with van der Waals surface area (Å²) in [5.41, 5.74) is 0.378. The zero-order valence-corrected chi connectivity index (χ0v) is 13.7. The van der Waals surface area contributed by atoms with Crippen molar-refractivity contribution in [2.75, 3.05) is 6.54 Å². The third kappa shape index (κ3) is 3.42. The van der Waals surface area contributed by atoms with Gasteiger partial charge in [0.05, 0.1) is 18.0 Å². The Labute approximate surface area is 132 Å². The van der Waals surface area contributed by atoms with Crippen LogP contribution in [0.5, 0.6) is 0 Å². The molecule has 0 saturated heterocycles. The van der Waals surface area contributed by atoms with Gasteiger partial charge in [0.15, 0.2) is 0 Å². The summed E-state index contributed by atoms with van der Waals surface area (Å²) in [4.78, 5) is 32.4. The van der Waals surface area contributed by atoms with E-state index >= 15 is 0 Å². The molecule has 0 fully saturated rings. The summed E-state index contributed by atoms with van der Waals surface area (Å²) in [5, 5.41) is 3.53. The summed E-state index contributed by atoms with van der Waals surface area (Å²) in [6, 6.07) is 0. The van der Waals surface area contributed by atoms with Gasteiger partial charge in [0.25, 0.3) is 5.56 Å². The molecule has 0 atom stereocenters. The van der Waals surface area contributed by atoms with Crippen LogP contribution in [-0.2, 0) is 11.3 Å². The quantitative estimate of drug-likeness (QED) is 0.484. The molecule has 0 unspecified atom stereocenters. The second-order valence-corrected chi connectivity index (χ2v) is 6.12. The Morgan fingerprint density at radius 3 is 2.91 bits per heavy atom. The van der Waals surface area contributed by atoms with Gasteiger partial charge in [0.2, 0.25) is 0 Å². The molecule has 2 heterocycles. The second kappa shape index (κ2) is 6.85. The van der Waals surface area contributed by atoms with Gasteiger partial charge in [-0.2, -0.15) is 0 Å². The van der Waals surface area contributed by atoms with Crippen LogP contribution in [0.4, 0.5) is 0 Å². The van der Waals surface area contributed by atoms with E-state index in [-0.39, 0.29) is 11.7 Å². The third-order valence-electron chi connectivity index (χ3n) is 2.96. The third-order valence-corrected chi connectivity index (χ3v) is 4.12. The number of thiophene rings is 1. The molecule has 0 bridgehead atoms. The predicted octanol–water partition coefficient (Wildman–Crippen LogP) is 2.13. The molecule has 0 saturated carbocycles. The highest BCUT2D eigenvalue weighted by molar-refractivity contribution is 7.20. The van der Waals surface area contributed by atoms with Crippen molar-refractivity contribution in [2.45, 2.75) is 33.4 Å². The van der Waals surface area contributed by atoms with E-state index in [2.05, 4.69) is 21.9 Å². The molecule has 0 spiro atoms. The minimum absolute atomic E-state index is 0.206. The largest absolute Gasteiger partial charge is 0.459 e. The van der Waals surface area contributed by atoms with Crippen molar-refractivity contribution in [3.05, 3.63) is 39.3 Å². The number of nitrogens with one attached hydrogen (secondary N) is 2. The fourth-order valence-electron chi connectivity index (χ4n) is 2.03. The average molecular weight is 321 g/mol. The number of aromatic nitrogens is 2. The van der Waals surface area contributed by atoms with Gasteiger partial charge in [0.1, 0.15) is 15.5 Å². The van der Waals surface area contributed by atoms with E-state index in [1.54, 1.807) is 26.8 Å². The van der Waals surface area contributed by atoms with Gasteiger partial charge in [-0.15, -0.1) is 17.9 Å². The molecule has 0 aliphatic carbocycles. The SMILES string of the molecule is C=CCNCc1nc2sc(C(=O)OC(C)C)c(C)c2c(=O)[nH]1. The standard InChI is InChI=1S/C15H19N3O3S/c1-5-6-16-7-10-17-13(19)11-9(4)12(22-14(11)18-10)15(20)21-8(2)3/h5,8,16H,1,6-7H2,2-4H3,(H,17,18,19). The molecule has 0 aromatic carbocycles. The monoisotopic (exact) mass is 321 g/mol. The van der Waals surface area contributed by atoms with Crippen molar-refractivity contribution < 1.29 is 9.53 Å². The van der Waals surface area contributed by atoms with Gasteiger partial charge >= 0.3 is 5.97 Å². The lowest BCUT2D eigenvalue weighted by Gasteiger charge is -2.06. The normalized spacial score (nSPS) is 11.1. The molecular weight excluding hydrogens is 302 g/mol. The van der Waals surface area contributed by atoms with Crippen LogP contribution in [0, 0.1) is 6.92 Å². The Bertz CT molecular complexity index is 761. The van der Waals surface area contributed by atoms with Crippen molar-refractivity contribution in [3.63, 3.8) is 0 Å². The number of aromatic amines is 1. The van der Waals surface area contributed by atoms with E-state index in [9.17, 15) is 9.59 Å². The van der Waals surface area contributed by atoms with Gasteiger partial charge in [0, 0.05) is 6.54 Å². The average Bonchev–Trinajstić information content (AvgIpc) is 2.76. The molecule has 118 valence electrons. The first kappa shape index (κ1) is 16.4. The first-order valence-electron chi connectivity index (χ1n) is 6.99. The molecule has 0 amide bonds. The van der Waals surface area contributed by atoms with Gasteiger partial charge in [-0.3, -0.25) is 4.79 Å². The van der Waals surface area contributed by atoms with E-state index in [0.29, 0.717) is 39.6 Å². The molecule has 2 N–H and O–H groups in total. The zero-order chi connectivity index (χ0) is 16.3. The van der Waals surface area contributed by atoms with Gasteiger partial charge in [-0.1, -0.05) is 6.08 Å². The number of hydrogen-bond acceptors (Lipinski definition) is 6. The molecule has 0 aliphatic heterocycles. The summed E-state index contributed by atoms with van der Waals surface area (Å²) < 4.78 is 5.20. The summed E-state index contributed by atoms with van der Waals surface area (Å²) in [6.45, 7) is 9.98. The Morgan fingerprint density at radius 2 is 2.27 bits per heavy atom. The molecule has 7 heteroatoms. The fraction of sp³-hybridized carbons (Fsp3) is 0.400. The fourth-order valence-corrected chi connectivity index (χ4v) is 3.11. The molecule has 6 nitrogen and oxygen atoms in total. The molecule has 2 rings (SSSR count). The van der Waals surface area contributed by atoms with Crippen molar-refractivity contribution in [1.29, 1.82) is 0 Å². The lowest BCUT2D eigenvalue weighted by molar-refractivity contribution is 0.0383. The number of nitrogens with zero attached hydrogens (tertiary/aromatic N) is 1.